The Morgan fingerprint density at radius 2 is 1.42 bits per heavy atom. The number of aliphatic hydroxyl groups excluding tert-OH is 4. The van der Waals surface area contributed by atoms with Crippen molar-refractivity contribution < 1.29 is 63.5 Å². The largest absolute Gasteiger partial charge is 0.394 e. The topological polar surface area (TPSA) is 367 Å². The van der Waals surface area contributed by atoms with Gasteiger partial charge in [0.1, 0.15) is 35.9 Å². The Morgan fingerprint density at radius 1 is 0.797 bits per heavy atom. The van der Waals surface area contributed by atoms with E-state index in [0.29, 0.717) is 68.2 Å². The van der Waals surface area contributed by atoms with Gasteiger partial charge in [0.15, 0.2) is 0 Å². The lowest BCUT2D eigenvalue weighted by Gasteiger charge is -2.38. The highest BCUT2D eigenvalue weighted by atomic mass is 32.2. The molecule has 0 saturated carbocycles. The van der Waals surface area contributed by atoms with Crippen LogP contribution in [-0.4, -0.2) is 183 Å². The van der Waals surface area contributed by atoms with Crippen LogP contribution in [0.25, 0.3) is 0 Å². The maximum atomic E-state index is 13.9. The average molecular weight is 1080 g/mol. The Kier molecular flexibility index (Phi) is 28.7. The van der Waals surface area contributed by atoms with Crippen LogP contribution in [0.5, 0.6) is 0 Å². The van der Waals surface area contributed by atoms with E-state index in [4.69, 9.17) is 26.3 Å². The van der Waals surface area contributed by atoms with Crippen LogP contribution in [0.3, 0.4) is 0 Å². The van der Waals surface area contributed by atoms with E-state index in [-0.39, 0.29) is 94.5 Å². The van der Waals surface area contributed by atoms with Gasteiger partial charge in [0.25, 0.3) is 0 Å². The second-order valence-electron chi connectivity index (χ2n) is 19.5. The predicted octanol–water partition coefficient (Wildman–Crippen LogP) is -1.55. The van der Waals surface area contributed by atoms with Gasteiger partial charge in [0.05, 0.1) is 30.6 Å². The molecule has 7 atom stereocenters. The van der Waals surface area contributed by atoms with E-state index in [2.05, 4.69) is 31.9 Å². The second kappa shape index (κ2) is 33.4. The van der Waals surface area contributed by atoms with Crippen molar-refractivity contribution in [2.45, 2.75) is 158 Å². The van der Waals surface area contributed by atoms with E-state index in [1.165, 1.54) is 11.8 Å². The number of carbonyl (C=O) groups is 8. The van der Waals surface area contributed by atoms with Gasteiger partial charge < -0.3 is 68.5 Å². The fraction of sp³-hybridized carbons (Fsp3) is 0.735. The van der Waals surface area contributed by atoms with Crippen molar-refractivity contribution in [3.8, 4) is 0 Å². The Hall–Kier alpha value is -4.63. The number of carbonyl (C=O) groups excluding carboxylic acids is 8. The van der Waals surface area contributed by atoms with Crippen molar-refractivity contribution in [2.24, 2.45) is 23.3 Å². The summed E-state index contributed by atoms with van der Waals surface area (Å²) < 4.78 is 5.53. The number of thioether (sulfide) groups is 2. The minimum atomic E-state index is -1.58. The van der Waals surface area contributed by atoms with Crippen molar-refractivity contribution in [1.82, 2.24) is 41.8 Å². The van der Waals surface area contributed by atoms with Crippen LogP contribution in [0.15, 0.2) is 18.2 Å². The zero-order valence-electron chi connectivity index (χ0n) is 43.3. The number of aromatic nitrogens is 1. The Bertz CT molecular complexity index is 1980. The molecule has 3 rings (SSSR count). The summed E-state index contributed by atoms with van der Waals surface area (Å²) >= 11 is 3.13. The number of likely N-dealkylation sites (tertiary alicyclic amines) is 1. The van der Waals surface area contributed by atoms with Crippen LogP contribution in [-0.2, 0) is 54.6 Å². The van der Waals surface area contributed by atoms with Gasteiger partial charge in [-0.05, 0) is 56.1 Å². The lowest BCUT2D eigenvalue weighted by molar-refractivity contribution is -0.140. The van der Waals surface area contributed by atoms with Crippen LogP contribution < -0.4 is 43.4 Å². The van der Waals surface area contributed by atoms with Crippen LogP contribution >= 0.6 is 23.5 Å². The first kappa shape index (κ1) is 63.7. The molecule has 2 saturated heterocycles. The van der Waals surface area contributed by atoms with Gasteiger partial charge in [0, 0.05) is 94.0 Å². The van der Waals surface area contributed by atoms with Gasteiger partial charge in [-0.25, -0.2) is 0 Å². The number of ether oxygens (including phenoxy) is 1. The monoisotopic (exact) mass is 1080 g/mol. The molecule has 0 radical (unpaired) electrons. The Labute approximate surface area is 442 Å². The van der Waals surface area contributed by atoms with E-state index in [1.807, 2.05) is 50.8 Å². The number of piperidine rings is 1. The smallest absolute Gasteiger partial charge is 0.246 e. The normalized spacial score (nSPS) is 17.9. The van der Waals surface area contributed by atoms with Gasteiger partial charge in [-0.3, -0.25) is 48.2 Å². The number of nitrogens with one attached hydrogen (secondary N) is 6. The van der Waals surface area contributed by atoms with E-state index in [1.54, 1.807) is 11.8 Å². The quantitative estimate of drug-likeness (QED) is 0.0348. The summed E-state index contributed by atoms with van der Waals surface area (Å²) in [5.41, 5.74) is 11.5. The predicted molar refractivity (Wildman–Crippen MR) is 279 cm³/mol. The molecule has 2 aliphatic rings. The summed E-state index contributed by atoms with van der Waals surface area (Å²) in [7, 11) is 0. The molecule has 1 aromatic heterocycles. The van der Waals surface area contributed by atoms with Gasteiger partial charge in [-0.1, -0.05) is 40.2 Å². The lowest BCUT2D eigenvalue weighted by atomic mass is 9.87. The number of rotatable bonds is 34. The summed E-state index contributed by atoms with van der Waals surface area (Å²) in [6, 6.07) is 2.79. The van der Waals surface area contributed by atoms with Crippen LogP contribution in [0.1, 0.15) is 110 Å². The molecule has 3 heterocycles. The number of nitrogens with two attached hydrogens (primary N) is 2. The molecule has 0 spiro atoms. The first-order valence-electron chi connectivity index (χ1n) is 25.6. The van der Waals surface area contributed by atoms with Gasteiger partial charge in [0.2, 0.25) is 47.3 Å². The fourth-order valence-electron chi connectivity index (χ4n) is 8.34. The molecule has 1 aromatic rings. The highest BCUT2D eigenvalue weighted by Gasteiger charge is 2.43. The minimum Gasteiger partial charge on any atom is -0.394 e. The number of hydrogen-bond acceptors (Lipinski definition) is 17. The SMILES string of the molecule is CC[C@H](C)[C@H](NC(=O)[C@H](CC(C)C)NC(=O)C1(NC(=O)CCSCc2cccc(CSCCC(=O)NC3CCN(CC(=O)N[C@H](CCC(=O)NCC[C@@H](O)[C@H](O)[C@H](O)CO)C(N)=O)CC3)n2)CCOCC1)C(N)=O. The zero-order chi connectivity index (χ0) is 54.8. The summed E-state index contributed by atoms with van der Waals surface area (Å²) in [4.78, 5) is 109. The van der Waals surface area contributed by atoms with Crippen LogP contribution in [0, 0.1) is 11.8 Å². The maximum Gasteiger partial charge on any atom is 0.246 e. The molecular weight excluding hydrogens is 1000 g/mol. The van der Waals surface area contributed by atoms with Crippen molar-refractivity contribution in [3.05, 3.63) is 29.6 Å². The van der Waals surface area contributed by atoms with E-state index in [0.717, 1.165) is 11.4 Å². The summed E-state index contributed by atoms with van der Waals surface area (Å²) in [6.45, 7) is 8.38. The standard InChI is InChI=1S/C49H82N10O13S2/c1-5-31(4)43(46(51)69)57-47(70)36(25-30(2)3)56-48(71)49(16-21-72-22-17-49)58-41(65)15-24-74-29-34-8-6-7-33(53-34)28-73-23-14-40(64)54-32-12-19-59(20-13-32)26-42(66)55-35(45(50)68)9-10-39(63)52-18-11-37(61)44(67)38(62)27-60/h6-8,30-32,35-38,43-44,60-62,67H,5,9-29H2,1-4H3,(H2,50,68)(H2,51,69)(H,52,63)(H,54,64)(H,55,66)(H,56,71)(H,57,70)(H,58,65)/t31-,35+,36-,37+,38+,43-,44-/m0/s1. The second-order valence-corrected chi connectivity index (χ2v) is 21.7. The van der Waals surface area contributed by atoms with Crippen molar-refractivity contribution >= 4 is 70.8 Å². The molecule has 8 amide bonds. The highest BCUT2D eigenvalue weighted by Crippen LogP contribution is 2.24. The molecule has 2 fully saturated rings. The summed E-state index contributed by atoms with van der Waals surface area (Å²) in [5, 5.41) is 54.7. The molecule has 2 aliphatic heterocycles. The molecule has 0 bridgehead atoms. The van der Waals surface area contributed by atoms with E-state index < -0.39 is 84.0 Å². The average Bonchev–Trinajstić information content (AvgIpc) is 3.36. The molecule has 23 nitrogen and oxygen atoms in total. The zero-order valence-corrected chi connectivity index (χ0v) is 44.9. The van der Waals surface area contributed by atoms with Gasteiger partial charge >= 0.3 is 0 Å². The first-order chi connectivity index (χ1) is 35.2. The van der Waals surface area contributed by atoms with Gasteiger partial charge in [-0.2, -0.15) is 23.5 Å². The third kappa shape index (κ3) is 23.1. The number of nitrogens with zero attached hydrogens (tertiary/aromatic N) is 2. The number of pyridine rings is 1. The fourth-order valence-corrected chi connectivity index (χ4v) is 10.0. The van der Waals surface area contributed by atoms with E-state index in [9.17, 15) is 53.7 Å². The minimum absolute atomic E-state index is 0.00326. The molecule has 418 valence electrons. The van der Waals surface area contributed by atoms with Crippen LogP contribution in [0.4, 0.5) is 0 Å². The van der Waals surface area contributed by atoms with Crippen molar-refractivity contribution in [2.75, 3.05) is 57.5 Å². The van der Waals surface area contributed by atoms with E-state index >= 15 is 0 Å². The number of aliphatic hydroxyl groups is 4. The molecule has 74 heavy (non-hydrogen) atoms. The highest BCUT2D eigenvalue weighted by molar-refractivity contribution is 7.98. The lowest BCUT2D eigenvalue weighted by Crippen LogP contribution is -2.64. The summed E-state index contributed by atoms with van der Waals surface area (Å²) in [5.74, 6) is -1.67. The third-order valence-corrected chi connectivity index (χ3v) is 15.0. The molecular formula is C49H82N10O13S2. The first-order valence-corrected chi connectivity index (χ1v) is 27.9. The van der Waals surface area contributed by atoms with Gasteiger partial charge in [-0.15, -0.1) is 0 Å². The summed E-state index contributed by atoms with van der Waals surface area (Å²) in [6.07, 6.45) is -1.65. The Balaban J connectivity index is 1.34. The van der Waals surface area contributed by atoms with Crippen LogP contribution in [0.2, 0.25) is 0 Å². The molecule has 25 heteroatoms. The van der Waals surface area contributed by atoms with Crippen molar-refractivity contribution in [3.63, 3.8) is 0 Å². The molecule has 0 aliphatic carbocycles. The molecule has 0 unspecified atom stereocenters. The number of amides is 8. The molecule has 0 aromatic carbocycles. The maximum absolute atomic E-state index is 13.9. The third-order valence-electron chi connectivity index (χ3n) is 13.0. The molecule has 14 N–H and O–H groups in total. The number of hydrogen-bond donors (Lipinski definition) is 12. The Morgan fingerprint density at radius 3 is 1.99 bits per heavy atom. The number of primary amides is 2. The van der Waals surface area contributed by atoms with Crippen molar-refractivity contribution in [1.29, 1.82) is 0 Å².